The summed E-state index contributed by atoms with van der Waals surface area (Å²) in [6, 6.07) is 10.5. The van der Waals surface area contributed by atoms with Crippen molar-refractivity contribution in [2.24, 2.45) is 0 Å². The molecule has 8 heteroatoms. The van der Waals surface area contributed by atoms with Crippen LogP contribution in [-0.4, -0.2) is 21.8 Å². The van der Waals surface area contributed by atoms with Crippen molar-refractivity contribution in [3.05, 3.63) is 89.1 Å². The van der Waals surface area contributed by atoms with Crippen LogP contribution >= 0.6 is 0 Å². The van der Waals surface area contributed by atoms with Gasteiger partial charge in [0.05, 0.1) is 18.4 Å². The second kappa shape index (κ2) is 7.59. The van der Waals surface area contributed by atoms with Gasteiger partial charge in [0.1, 0.15) is 28.7 Å². The standard InChI is InChI=1S/C21H16FN3O4/c1-12-18(19(25-29-12)13-4-6-15(22)7-5-13)20(26)14-9-17(23-10-14)21(27)24-11-16-3-2-8-28-16/h2-10,23H,11H2,1H3,(H,24,27). The fourth-order valence-corrected chi connectivity index (χ4v) is 2.92. The van der Waals surface area contributed by atoms with E-state index < -0.39 is 5.82 Å². The molecule has 0 radical (unpaired) electrons. The number of H-pyrrole nitrogens is 1. The molecular formula is C21H16FN3O4. The van der Waals surface area contributed by atoms with E-state index in [9.17, 15) is 14.0 Å². The molecule has 0 unspecified atom stereocenters. The number of benzene rings is 1. The molecule has 146 valence electrons. The minimum absolute atomic E-state index is 0.230. The predicted octanol–water partition coefficient (Wildman–Crippen LogP) is 3.87. The van der Waals surface area contributed by atoms with Crippen LogP contribution < -0.4 is 5.32 Å². The van der Waals surface area contributed by atoms with E-state index in [1.807, 2.05) is 0 Å². The molecule has 4 aromatic rings. The van der Waals surface area contributed by atoms with Gasteiger partial charge in [-0.25, -0.2) is 4.39 Å². The summed E-state index contributed by atoms with van der Waals surface area (Å²) in [7, 11) is 0. The molecule has 7 nitrogen and oxygen atoms in total. The summed E-state index contributed by atoms with van der Waals surface area (Å²) in [6.07, 6.45) is 2.97. The number of carbonyl (C=O) groups is 2. The Labute approximate surface area is 164 Å². The van der Waals surface area contributed by atoms with Crippen LogP contribution in [0.25, 0.3) is 11.3 Å². The van der Waals surface area contributed by atoms with Crippen LogP contribution in [0.4, 0.5) is 4.39 Å². The Bertz CT molecular complexity index is 1160. The number of furan rings is 1. The van der Waals surface area contributed by atoms with Crippen LogP contribution in [0.5, 0.6) is 0 Å². The number of ketones is 1. The normalized spacial score (nSPS) is 10.8. The maximum Gasteiger partial charge on any atom is 0.268 e. The van der Waals surface area contributed by atoms with E-state index in [2.05, 4.69) is 15.5 Å². The van der Waals surface area contributed by atoms with Gasteiger partial charge in [-0.2, -0.15) is 0 Å². The maximum absolute atomic E-state index is 13.2. The van der Waals surface area contributed by atoms with Crippen molar-refractivity contribution >= 4 is 11.7 Å². The van der Waals surface area contributed by atoms with Gasteiger partial charge >= 0.3 is 0 Å². The summed E-state index contributed by atoms with van der Waals surface area (Å²) in [5, 5.41) is 6.64. The van der Waals surface area contributed by atoms with Gasteiger partial charge in [-0.05, 0) is 49.4 Å². The van der Waals surface area contributed by atoms with Crippen molar-refractivity contribution in [3.8, 4) is 11.3 Å². The first-order valence-electron chi connectivity index (χ1n) is 8.79. The fraction of sp³-hybridized carbons (Fsp3) is 0.0952. The van der Waals surface area contributed by atoms with E-state index in [0.29, 0.717) is 22.8 Å². The van der Waals surface area contributed by atoms with Crippen molar-refractivity contribution in [1.82, 2.24) is 15.5 Å². The zero-order chi connectivity index (χ0) is 20.4. The molecule has 3 aromatic heterocycles. The molecule has 29 heavy (non-hydrogen) atoms. The molecule has 0 fully saturated rings. The Morgan fingerprint density at radius 3 is 2.72 bits per heavy atom. The van der Waals surface area contributed by atoms with Gasteiger partial charge in [-0.3, -0.25) is 9.59 Å². The molecule has 3 heterocycles. The Morgan fingerprint density at radius 2 is 2.00 bits per heavy atom. The number of hydrogen-bond acceptors (Lipinski definition) is 5. The molecule has 0 saturated carbocycles. The van der Waals surface area contributed by atoms with Crippen LogP contribution in [0.3, 0.4) is 0 Å². The number of amides is 1. The maximum atomic E-state index is 13.2. The lowest BCUT2D eigenvalue weighted by atomic mass is 9.99. The summed E-state index contributed by atoms with van der Waals surface area (Å²) in [5.74, 6) is -0.173. The predicted molar refractivity (Wildman–Crippen MR) is 101 cm³/mol. The van der Waals surface area contributed by atoms with E-state index in [4.69, 9.17) is 8.94 Å². The van der Waals surface area contributed by atoms with Crippen LogP contribution in [0.15, 0.2) is 63.9 Å². The summed E-state index contributed by atoms with van der Waals surface area (Å²) >= 11 is 0. The van der Waals surface area contributed by atoms with Crippen LogP contribution in [-0.2, 0) is 6.54 Å². The monoisotopic (exact) mass is 393 g/mol. The van der Waals surface area contributed by atoms with Crippen molar-refractivity contribution in [3.63, 3.8) is 0 Å². The van der Waals surface area contributed by atoms with Crippen molar-refractivity contribution in [2.75, 3.05) is 0 Å². The first-order valence-corrected chi connectivity index (χ1v) is 8.79. The summed E-state index contributed by atoms with van der Waals surface area (Å²) < 4.78 is 23.6. The Morgan fingerprint density at radius 1 is 1.21 bits per heavy atom. The number of halogens is 1. The quantitative estimate of drug-likeness (QED) is 0.484. The van der Waals surface area contributed by atoms with Gasteiger partial charge in [0, 0.05) is 17.3 Å². The third kappa shape index (κ3) is 3.73. The van der Waals surface area contributed by atoms with Crippen molar-refractivity contribution in [2.45, 2.75) is 13.5 Å². The minimum Gasteiger partial charge on any atom is -0.467 e. The molecule has 0 aliphatic carbocycles. The third-order valence-electron chi connectivity index (χ3n) is 4.40. The highest BCUT2D eigenvalue weighted by Crippen LogP contribution is 2.28. The molecule has 2 N–H and O–H groups in total. The SMILES string of the molecule is Cc1onc(-c2ccc(F)cc2)c1C(=O)c1c[nH]c(C(=O)NCc2ccco2)c1. The molecule has 0 aliphatic rings. The first-order chi connectivity index (χ1) is 14.0. The Kier molecular flexibility index (Phi) is 4.82. The average Bonchev–Trinajstić information content (AvgIpc) is 3.47. The number of aromatic amines is 1. The van der Waals surface area contributed by atoms with Gasteiger partial charge in [0.25, 0.3) is 5.91 Å². The molecule has 1 amide bonds. The highest BCUT2D eigenvalue weighted by Gasteiger charge is 2.24. The summed E-state index contributed by atoms with van der Waals surface area (Å²) in [5.41, 5.74) is 1.65. The van der Waals surface area contributed by atoms with Crippen molar-refractivity contribution < 1.29 is 22.9 Å². The average molecular weight is 393 g/mol. The zero-order valence-electron chi connectivity index (χ0n) is 15.4. The lowest BCUT2D eigenvalue weighted by Crippen LogP contribution is -2.22. The number of nitrogens with zero attached hydrogens (tertiary/aromatic N) is 1. The highest BCUT2D eigenvalue weighted by molar-refractivity contribution is 6.13. The van der Waals surface area contributed by atoms with E-state index >= 15 is 0 Å². The summed E-state index contributed by atoms with van der Waals surface area (Å²) in [6.45, 7) is 1.85. The second-order valence-corrected chi connectivity index (χ2v) is 6.36. The number of aryl methyl sites for hydroxylation is 1. The van der Waals surface area contributed by atoms with E-state index in [1.54, 1.807) is 19.1 Å². The molecule has 0 bridgehead atoms. The lowest BCUT2D eigenvalue weighted by molar-refractivity contribution is 0.0943. The van der Waals surface area contributed by atoms with Crippen molar-refractivity contribution in [1.29, 1.82) is 0 Å². The van der Waals surface area contributed by atoms with Crippen LogP contribution in [0.1, 0.15) is 37.9 Å². The molecule has 0 spiro atoms. The molecule has 0 saturated heterocycles. The van der Waals surface area contributed by atoms with E-state index in [-0.39, 0.29) is 35.1 Å². The van der Waals surface area contributed by atoms with Gasteiger partial charge in [-0.15, -0.1) is 0 Å². The largest absolute Gasteiger partial charge is 0.467 e. The van der Waals surface area contributed by atoms with E-state index in [0.717, 1.165) is 0 Å². The zero-order valence-corrected chi connectivity index (χ0v) is 15.4. The molecular weight excluding hydrogens is 377 g/mol. The fourth-order valence-electron chi connectivity index (χ4n) is 2.92. The second-order valence-electron chi connectivity index (χ2n) is 6.36. The lowest BCUT2D eigenvalue weighted by Gasteiger charge is -2.01. The molecule has 4 rings (SSSR count). The van der Waals surface area contributed by atoms with Crippen LogP contribution in [0.2, 0.25) is 0 Å². The minimum atomic E-state index is -0.391. The third-order valence-corrected chi connectivity index (χ3v) is 4.40. The number of hydrogen-bond donors (Lipinski definition) is 2. The van der Waals surface area contributed by atoms with Gasteiger partial charge in [-0.1, -0.05) is 5.16 Å². The molecule has 0 atom stereocenters. The Hall–Kier alpha value is -3.94. The number of aromatic nitrogens is 2. The number of rotatable bonds is 6. The van der Waals surface area contributed by atoms with Crippen LogP contribution in [0, 0.1) is 12.7 Å². The Balaban J connectivity index is 1.56. The van der Waals surface area contributed by atoms with Gasteiger partial charge in [0.15, 0.2) is 5.78 Å². The molecule has 1 aromatic carbocycles. The van der Waals surface area contributed by atoms with Gasteiger partial charge in [0.2, 0.25) is 0 Å². The number of nitrogens with one attached hydrogen (secondary N) is 2. The summed E-state index contributed by atoms with van der Waals surface area (Å²) in [4.78, 5) is 28.1. The topological polar surface area (TPSA) is 101 Å². The van der Waals surface area contributed by atoms with E-state index in [1.165, 1.54) is 42.8 Å². The van der Waals surface area contributed by atoms with Gasteiger partial charge < -0.3 is 19.2 Å². The highest BCUT2D eigenvalue weighted by atomic mass is 19.1. The number of carbonyl (C=O) groups excluding carboxylic acids is 2. The first kappa shape index (κ1) is 18.4. The molecule has 0 aliphatic heterocycles. The smallest absolute Gasteiger partial charge is 0.268 e.